The van der Waals surface area contributed by atoms with Crippen LogP contribution in [0.1, 0.15) is 11.1 Å². The van der Waals surface area contributed by atoms with Crippen molar-refractivity contribution in [1.29, 1.82) is 5.26 Å². The van der Waals surface area contributed by atoms with Gasteiger partial charge in [-0.1, -0.05) is 12.1 Å². The Morgan fingerprint density at radius 3 is 2.39 bits per heavy atom. The van der Waals surface area contributed by atoms with Gasteiger partial charge in [-0.25, -0.2) is 0 Å². The van der Waals surface area contributed by atoms with Gasteiger partial charge in [0.05, 0.1) is 22.3 Å². The summed E-state index contributed by atoms with van der Waals surface area (Å²) in [5, 5.41) is 19.2. The molecule has 0 aromatic heterocycles. The Kier molecular flexibility index (Phi) is 5.72. The van der Waals surface area contributed by atoms with Gasteiger partial charge in [-0.05, 0) is 29.8 Å². The van der Waals surface area contributed by atoms with Crippen LogP contribution < -0.4 is 0 Å². The highest BCUT2D eigenvalue weighted by atomic mass is 32.2. The van der Waals surface area contributed by atoms with Crippen LogP contribution in [-0.4, -0.2) is 16.6 Å². The molecule has 2 aromatic carbocycles. The molecule has 0 heterocycles. The smallest absolute Gasteiger partial charge is 0.316 e. The predicted molar refractivity (Wildman–Crippen MR) is 84.8 cm³/mol. The molecular weight excluding hydrogens is 316 g/mol. The van der Waals surface area contributed by atoms with Crippen LogP contribution in [0.5, 0.6) is 0 Å². The summed E-state index contributed by atoms with van der Waals surface area (Å²) in [6.45, 7) is 0.144. The maximum absolute atomic E-state index is 11.7. The summed E-state index contributed by atoms with van der Waals surface area (Å²) in [7, 11) is 0. The fourth-order valence-electron chi connectivity index (χ4n) is 1.69. The molecule has 7 heteroatoms. The number of carbonyl (C=O) groups excluding carboxylic acids is 1. The molecule has 0 aliphatic rings. The maximum Gasteiger partial charge on any atom is 0.316 e. The number of ether oxygens (including phenoxy) is 1. The number of nitro benzene ring substituents is 1. The third kappa shape index (κ3) is 5.13. The minimum atomic E-state index is -0.472. The molecule has 6 nitrogen and oxygen atoms in total. The molecule has 116 valence electrons. The normalized spacial score (nSPS) is 9.87. The molecule has 0 N–H and O–H groups in total. The van der Waals surface area contributed by atoms with Gasteiger partial charge in [0.15, 0.2) is 0 Å². The SMILES string of the molecule is N#Cc1ccc(COC(=O)CSc2ccc([N+](=O)[O-])cc2)cc1. The second kappa shape index (κ2) is 7.96. The summed E-state index contributed by atoms with van der Waals surface area (Å²) < 4.78 is 5.13. The molecule has 0 aliphatic heterocycles. The summed E-state index contributed by atoms with van der Waals surface area (Å²) in [4.78, 5) is 22.5. The van der Waals surface area contributed by atoms with Crippen molar-refractivity contribution in [3.05, 3.63) is 69.8 Å². The van der Waals surface area contributed by atoms with Crippen molar-refractivity contribution in [2.45, 2.75) is 11.5 Å². The Balaban J connectivity index is 1.78. The van der Waals surface area contributed by atoms with Crippen LogP contribution in [0, 0.1) is 21.4 Å². The molecule has 2 rings (SSSR count). The van der Waals surface area contributed by atoms with E-state index in [-0.39, 0.29) is 24.0 Å². The van der Waals surface area contributed by atoms with Gasteiger partial charge >= 0.3 is 5.97 Å². The van der Waals surface area contributed by atoms with E-state index >= 15 is 0 Å². The lowest BCUT2D eigenvalue weighted by atomic mass is 10.2. The van der Waals surface area contributed by atoms with Gasteiger partial charge < -0.3 is 4.74 Å². The highest BCUT2D eigenvalue weighted by Gasteiger charge is 2.07. The van der Waals surface area contributed by atoms with Crippen molar-refractivity contribution in [2.24, 2.45) is 0 Å². The Bertz CT molecular complexity index is 736. The lowest BCUT2D eigenvalue weighted by Crippen LogP contribution is -2.07. The fraction of sp³-hybridized carbons (Fsp3) is 0.125. The number of nitriles is 1. The van der Waals surface area contributed by atoms with E-state index in [0.29, 0.717) is 5.56 Å². The molecular formula is C16H12N2O4S. The van der Waals surface area contributed by atoms with Crippen LogP contribution in [0.15, 0.2) is 53.4 Å². The van der Waals surface area contributed by atoms with Crippen LogP contribution in [0.2, 0.25) is 0 Å². The Labute approximate surface area is 136 Å². The zero-order valence-electron chi connectivity index (χ0n) is 12.0. The summed E-state index contributed by atoms with van der Waals surface area (Å²) >= 11 is 1.25. The quantitative estimate of drug-likeness (QED) is 0.349. The summed E-state index contributed by atoms with van der Waals surface area (Å²) in [5.74, 6) is -0.258. The van der Waals surface area contributed by atoms with E-state index in [1.54, 1.807) is 36.4 Å². The van der Waals surface area contributed by atoms with Gasteiger partial charge in [0.25, 0.3) is 5.69 Å². The van der Waals surface area contributed by atoms with Crippen LogP contribution in [0.3, 0.4) is 0 Å². The summed E-state index contributed by atoms with van der Waals surface area (Å²) in [6, 6.07) is 14.8. The van der Waals surface area contributed by atoms with E-state index in [1.165, 1.54) is 23.9 Å². The molecule has 0 atom stereocenters. The predicted octanol–water partition coefficient (Wildman–Crippen LogP) is 3.30. The number of carbonyl (C=O) groups is 1. The number of non-ortho nitro benzene ring substituents is 1. The van der Waals surface area contributed by atoms with Gasteiger partial charge in [0.2, 0.25) is 0 Å². The van der Waals surface area contributed by atoms with E-state index in [9.17, 15) is 14.9 Å². The molecule has 0 radical (unpaired) electrons. The van der Waals surface area contributed by atoms with E-state index in [1.807, 2.05) is 6.07 Å². The fourth-order valence-corrected chi connectivity index (χ4v) is 2.38. The molecule has 0 spiro atoms. The van der Waals surface area contributed by atoms with Gasteiger partial charge in [0.1, 0.15) is 6.61 Å². The number of esters is 1. The number of thioether (sulfide) groups is 1. The Morgan fingerprint density at radius 1 is 1.17 bits per heavy atom. The van der Waals surface area contributed by atoms with Gasteiger partial charge in [-0.15, -0.1) is 11.8 Å². The highest BCUT2D eigenvalue weighted by molar-refractivity contribution is 8.00. The van der Waals surface area contributed by atoms with Crippen molar-refractivity contribution < 1.29 is 14.5 Å². The van der Waals surface area contributed by atoms with Gasteiger partial charge in [-0.3, -0.25) is 14.9 Å². The molecule has 0 saturated heterocycles. The minimum Gasteiger partial charge on any atom is -0.460 e. The number of nitro groups is 1. The van der Waals surface area contributed by atoms with Gasteiger partial charge in [0, 0.05) is 17.0 Å². The lowest BCUT2D eigenvalue weighted by molar-refractivity contribution is -0.384. The van der Waals surface area contributed by atoms with E-state index in [4.69, 9.17) is 10.00 Å². The topological polar surface area (TPSA) is 93.2 Å². The average Bonchev–Trinajstić information content (AvgIpc) is 2.59. The Hall–Kier alpha value is -2.85. The first-order chi connectivity index (χ1) is 11.1. The third-order valence-corrected chi connectivity index (χ3v) is 3.87. The van der Waals surface area contributed by atoms with Crippen molar-refractivity contribution in [3.63, 3.8) is 0 Å². The first kappa shape index (κ1) is 16.5. The monoisotopic (exact) mass is 328 g/mol. The minimum absolute atomic E-state index is 0.0118. The van der Waals surface area contributed by atoms with Crippen molar-refractivity contribution >= 4 is 23.4 Å². The van der Waals surface area contributed by atoms with Crippen molar-refractivity contribution in [2.75, 3.05) is 5.75 Å². The Morgan fingerprint density at radius 2 is 1.83 bits per heavy atom. The largest absolute Gasteiger partial charge is 0.460 e. The number of nitrogens with zero attached hydrogens (tertiary/aromatic N) is 2. The van der Waals surface area contributed by atoms with E-state index in [0.717, 1.165) is 10.5 Å². The first-order valence-corrected chi connectivity index (χ1v) is 7.59. The summed E-state index contributed by atoms with van der Waals surface area (Å²) in [6.07, 6.45) is 0. The van der Waals surface area contributed by atoms with Crippen molar-refractivity contribution in [3.8, 4) is 6.07 Å². The first-order valence-electron chi connectivity index (χ1n) is 6.60. The van der Waals surface area contributed by atoms with Crippen LogP contribution in [0.4, 0.5) is 5.69 Å². The molecule has 2 aromatic rings. The highest BCUT2D eigenvalue weighted by Crippen LogP contribution is 2.21. The maximum atomic E-state index is 11.7. The number of hydrogen-bond donors (Lipinski definition) is 0. The zero-order chi connectivity index (χ0) is 16.7. The van der Waals surface area contributed by atoms with Crippen LogP contribution in [-0.2, 0) is 16.1 Å². The third-order valence-electron chi connectivity index (χ3n) is 2.89. The van der Waals surface area contributed by atoms with Crippen LogP contribution >= 0.6 is 11.8 Å². The summed E-state index contributed by atoms with van der Waals surface area (Å²) in [5.41, 5.74) is 1.37. The lowest BCUT2D eigenvalue weighted by Gasteiger charge is -2.05. The molecule has 0 saturated carbocycles. The molecule has 0 aliphatic carbocycles. The molecule has 0 bridgehead atoms. The van der Waals surface area contributed by atoms with E-state index < -0.39 is 4.92 Å². The van der Waals surface area contributed by atoms with Gasteiger partial charge in [-0.2, -0.15) is 5.26 Å². The second-order valence-electron chi connectivity index (χ2n) is 4.51. The van der Waals surface area contributed by atoms with Crippen molar-refractivity contribution in [1.82, 2.24) is 0 Å². The number of hydrogen-bond acceptors (Lipinski definition) is 6. The molecule has 0 unspecified atom stereocenters. The van der Waals surface area contributed by atoms with Crippen LogP contribution in [0.25, 0.3) is 0 Å². The molecule has 0 amide bonds. The average molecular weight is 328 g/mol. The second-order valence-corrected chi connectivity index (χ2v) is 5.56. The number of benzene rings is 2. The number of rotatable bonds is 6. The molecule has 0 fully saturated rings. The van der Waals surface area contributed by atoms with E-state index in [2.05, 4.69) is 0 Å². The zero-order valence-corrected chi connectivity index (χ0v) is 12.8. The standard InChI is InChI=1S/C16H12N2O4S/c17-9-12-1-3-13(4-2-12)10-22-16(19)11-23-15-7-5-14(6-8-15)18(20)21/h1-8H,10-11H2. The molecule has 23 heavy (non-hydrogen) atoms.